The summed E-state index contributed by atoms with van der Waals surface area (Å²) in [4.78, 5) is 19.9. The number of pyridine rings is 1. The number of amides is 1. The van der Waals surface area contributed by atoms with E-state index in [1.807, 2.05) is 12.1 Å². The molecule has 1 aliphatic carbocycles. The summed E-state index contributed by atoms with van der Waals surface area (Å²) < 4.78 is 26.0. The van der Waals surface area contributed by atoms with Gasteiger partial charge in [-0.15, -0.1) is 0 Å². The van der Waals surface area contributed by atoms with E-state index < -0.39 is 5.54 Å². The van der Waals surface area contributed by atoms with Crippen molar-refractivity contribution in [2.45, 2.75) is 50.2 Å². The largest absolute Gasteiger partial charge is 0.487 e. The van der Waals surface area contributed by atoms with Crippen molar-refractivity contribution >= 4 is 5.91 Å². The highest BCUT2D eigenvalue weighted by Gasteiger charge is 2.45. The Labute approximate surface area is 188 Å². The fourth-order valence-corrected chi connectivity index (χ4v) is 5.43. The van der Waals surface area contributed by atoms with Crippen molar-refractivity contribution in [1.29, 1.82) is 0 Å². The number of nitrogens with zero attached hydrogens (tertiary/aromatic N) is 2. The number of ether oxygens (including phenoxy) is 2. The van der Waals surface area contributed by atoms with Crippen LogP contribution in [0.1, 0.15) is 37.7 Å². The van der Waals surface area contributed by atoms with Crippen LogP contribution in [0.4, 0.5) is 4.39 Å². The molecule has 6 nitrogen and oxygen atoms in total. The smallest absolute Gasteiger partial charge is 0.240 e. The van der Waals surface area contributed by atoms with Crippen LogP contribution >= 0.6 is 0 Å². The van der Waals surface area contributed by atoms with E-state index in [-0.39, 0.29) is 17.8 Å². The summed E-state index contributed by atoms with van der Waals surface area (Å²) in [6.07, 6.45) is 8.88. The van der Waals surface area contributed by atoms with Gasteiger partial charge in [0.2, 0.25) is 5.91 Å². The normalized spacial score (nSPS) is 22.7. The molecule has 2 aromatic rings. The molecule has 1 amide bonds. The molecule has 7 heteroatoms. The van der Waals surface area contributed by atoms with Crippen molar-refractivity contribution in [2.24, 2.45) is 0 Å². The van der Waals surface area contributed by atoms with E-state index in [1.54, 1.807) is 12.4 Å². The van der Waals surface area contributed by atoms with Crippen LogP contribution in [0.15, 0.2) is 36.7 Å². The lowest BCUT2D eigenvalue weighted by molar-refractivity contribution is -0.140. The minimum Gasteiger partial charge on any atom is -0.487 e. The zero-order valence-electron chi connectivity index (χ0n) is 18.3. The first-order chi connectivity index (χ1) is 15.7. The van der Waals surface area contributed by atoms with Gasteiger partial charge >= 0.3 is 0 Å². The maximum Gasteiger partial charge on any atom is 0.240 e. The summed E-state index contributed by atoms with van der Waals surface area (Å²) >= 11 is 0. The second-order valence-corrected chi connectivity index (χ2v) is 9.03. The van der Waals surface area contributed by atoms with Gasteiger partial charge in [-0.3, -0.25) is 14.7 Å². The third-order valence-electron chi connectivity index (χ3n) is 7.05. The predicted octanol–water partition coefficient (Wildman–Crippen LogP) is 3.34. The molecular weight excluding hydrogens is 409 g/mol. The number of fused-ring (bicyclic) bond motifs is 1. The first kappa shape index (κ1) is 21.3. The van der Waals surface area contributed by atoms with E-state index in [0.29, 0.717) is 37.5 Å². The summed E-state index contributed by atoms with van der Waals surface area (Å²) in [7, 11) is 0. The van der Waals surface area contributed by atoms with Gasteiger partial charge in [-0.2, -0.15) is 0 Å². The number of nitrogens with one attached hydrogen (secondary N) is 1. The third kappa shape index (κ3) is 4.11. The molecular formula is C25H30FN3O3. The van der Waals surface area contributed by atoms with Crippen molar-refractivity contribution in [2.75, 3.05) is 32.8 Å². The van der Waals surface area contributed by atoms with Crippen molar-refractivity contribution in [3.8, 4) is 16.9 Å². The highest BCUT2D eigenvalue weighted by atomic mass is 19.1. The van der Waals surface area contributed by atoms with E-state index in [4.69, 9.17) is 9.47 Å². The lowest BCUT2D eigenvalue weighted by Gasteiger charge is -2.46. The molecule has 32 heavy (non-hydrogen) atoms. The molecule has 1 aromatic carbocycles. The van der Waals surface area contributed by atoms with Gasteiger partial charge in [0.1, 0.15) is 23.2 Å². The van der Waals surface area contributed by atoms with Crippen LogP contribution in [0, 0.1) is 5.82 Å². The fraction of sp³-hybridized carbons (Fsp3) is 0.520. The summed E-state index contributed by atoms with van der Waals surface area (Å²) in [6, 6.07) is 6.75. The number of aromatic nitrogens is 1. The second kappa shape index (κ2) is 9.16. The molecule has 0 spiro atoms. The number of carbonyl (C=O) groups excluding carboxylic acids is 1. The summed E-state index contributed by atoms with van der Waals surface area (Å²) in [5.74, 6) is 0.501. The highest BCUT2D eigenvalue weighted by Crippen LogP contribution is 2.39. The fourth-order valence-electron chi connectivity index (χ4n) is 5.43. The molecule has 1 atom stereocenters. The first-order valence-corrected chi connectivity index (χ1v) is 11.7. The molecule has 1 N–H and O–H groups in total. The van der Waals surface area contributed by atoms with Crippen LogP contribution in [0.2, 0.25) is 0 Å². The molecule has 3 aliphatic rings. The Morgan fingerprint density at radius 2 is 2.03 bits per heavy atom. The Kier molecular flexibility index (Phi) is 6.11. The maximum absolute atomic E-state index is 14.3. The van der Waals surface area contributed by atoms with Crippen molar-refractivity contribution < 1.29 is 18.7 Å². The van der Waals surface area contributed by atoms with Crippen LogP contribution in [-0.2, 0) is 16.0 Å². The van der Waals surface area contributed by atoms with Gasteiger partial charge in [0.15, 0.2) is 0 Å². The monoisotopic (exact) mass is 439 g/mol. The standard InChI is InChI=1S/C25H30FN3O3/c26-20-13-19-14-21(32-23(19)22(15-20)18-5-4-8-27-16-18)17-28-24(30)25(6-2-1-3-7-25)29-9-11-31-12-10-29/h4-5,8,13,15-16,21H,1-3,6-7,9-12,14,17H2,(H,28,30)/t21-/m1/s1. The van der Waals surface area contributed by atoms with Gasteiger partial charge in [0, 0.05) is 48.6 Å². The average molecular weight is 440 g/mol. The van der Waals surface area contributed by atoms with E-state index in [2.05, 4.69) is 15.2 Å². The van der Waals surface area contributed by atoms with E-state index >= 15 is 0 Å². The summed E-state index contributed by atoms with van der Waals surface area (Å²) in [5, 5.41) is 3.19. The van der Waals surface area contributed by atoms with E-state index in [1.165, 1.54) is 18.6 Å². The maximum atomic E-state index is 14.3. The van der Waals surface area contributed by atoms with Gasteiger partial charge in [0.05, 0.1) is 19.8 Å². The molecule has 3 heterocycles. The van der Waals surface area contributed by atoms with Crippen LogP contribution in [0.25, 0.3) is 11.1 Å². The zero-order chi connectivity index (χ0) is 22.0. The number of halogens is 1. The number of carbonyl (C=O) groups is 1. The summed E-state index contributed by atoms with van der Waals surface area (Å²) in [5.41, 5.74) is 1.92. The van der Waals surface area contributed by atoms with Crippen molar-refractivity contribution in [3.05, 3.63) is 48.0 Å². The van der Waals surface area contributed by atoms with Crippen molar-refractivity contribution in [3.63, 3.8) is 0 Å². The Morgan fingerprint density at radius 1 is 1.22 bits per heavy atom. The molecule has 1 saturated heterocycles. The number of hydrogen-bond acceptors (Lipinski definition) is 5. The second-order valence-electron chi connectivity index (χ2n) is 9.03. The highest BCUT2D eigenvalue weighted by molar-refractivity contribution is 5.86. The number of benzene rings is 1. The molecule has 1 saturated carbocycles. The van der Waals surface area contributed by atoms with E-state index in [0.717, 1.165) is 49.9 Å². The van der Waals surface area contributed by atoms with Gasteiger partial charge in [-0.1, -0.05) is 25.3 Å². The van der Waals surface area contributed by atoms with Crippen LogP contribution in [0.5, 0.6) is 5.75 Å². The van der Waals surface area contributed by atoms with Gasteiger partial charge in [0.25, 0.3) is 0 Å². The Morgan fingerprint density at radius 3 is 2.78 bits per heavy atom. The molecule has 2 fully saturated rings. The first-order valence-electron chi connectivity index (χ1n) is 11.7. The molecule has 2 aliphatic heterocycles. The van der Waals surface area contributed by atoms with Gasteiger partial charge in [-0.25, -0.2) is 4.39 Å². The molecule has 5 rings (SSSR count). The van der Waals surface area contributed by atoms with Crippen LogP contribution < -0.4 is 10.1 Å². The predicted molar refractivity (Wildman–Crippen MR) is 119 cm³/mol. The number of morpholine rings is 1. The van der Waals surface area contributed by atoms with E-state index in [9.17, 15) is 9.18 Å². The average Bonchev–Trinajstić information content (AvgIpc) is 3.26. The van der Waals surface area contributed by atoms with Gasteiger partial charge < -0.3 is 14.8 Å². The Bertz CT molecular complexity index is 956. The van der Waals surface area contributed by atoms with Crippen LogP contribution in [-0.4, -0.2) is 60.3 Å². The lowest BCUT2D eigenvalue weighted by Crippen LogP contribution is -2.62. The zero-order valence-corrected chi connectivity index (χ0v) is 18.3. The quantitative estimate of drug-likeness (QED) is 0.774. The topological polar surface area (TPSA) is 63.7 Å². The molecule has 170 valence electrons. The Hall–Kier alpha value is -2.51. The summed E-state index contributed by atoms with van der Waals surface area (Å²) in [6.45, 7) is 3.37. The Balaban J connectivity index is 1.29. The molecule has 1 aromatic heterocycles. The van der Waals surface area contributed by atoms with Crippen molar-refractivity contribution in [1.82, 2.24) is 15.2 Å². The SMILES string of the molecule is O=C(NC[C@H]1Cc2cc(F)cc(-c3cccnc3)c2O1)C1(N2CCOCC2)CCCCC1. The minimum absolute atomic E-state index is 0.0947. The number of rotatable bonds is 5. The molecule has 0 bridgehead atoms. The molecule has 0 radical (unpaired) electrons. The van der Waals surface area contributed by atoms with Gasteiger partial charge in [-0.05, 0) is 31.0 Å². The third-order valence-corrected chi connectivity index (χ3v) is 7.05. The molecule has 0 unspecified atom stereocenters. The minimum atomic E-state index is -0.444. The number of hydrogen-bond donors (Lipinski definition) is 1. The lowest BCUT2D eigenvalue weighted by atomic mass is 9.79. The van der Waals surface area contributed by atoms with Crippen LogP contribution in [0.3, 0.4) is 0 Å².